The molecular formula is C46H64. The van der Waals surface area contributed by atoms with Crippen molar-refractivity contribution < 1.29 is 0 Å². The zero-order chi connectivity index (χ0) is 32.3. The largest absolute Gasteiger partial charge is 0.0995 e. The lowest BCUT2D eigenvalue weighted by Gasteiger charge is -2.33. The van der Waals surface area contributed by atoms with Crippen molar-refractivity contribution in [1.29, 1.82) is 0 Å². The minimum absolute atomic E-state index is 0.493. The highest BCUT2D eigenvalue weighted by Gasteiger charge is 2.29. The second-order valence-corrected chi connectivity index (χ2v) is 15.4. The van der Waals surface area contributed by atoms with Gasteiger partial charge in [-0.1, -0.05) is 150 Å². The molecular weight excluding hydrogens is 553 g/mol. The number of benzene rings is 2. The van der Waals surface area contributed by atoms with E-state index in [4.69, 9.17) is 6.58 Å². The molecule has 3 aliphatic carbocycles. The van der Waals surface area contributed by atoms with Crippen LogP contribution in [-0.2, 0) is 12.8 Å². The minimum Gasteiger partial charge on any atom is -0.0995 e. The van der Waals surface area contributed by atoms with Crippen molar-refractivity contribution in [2.75, 3.05) is 0 Å². The summed E-state index contributed by atoms with van der Waals surface area (Å²) in [5.74, 6) is 2.12. The third kappa shape index (κ3) is 9.27. The number of hydrogen-bond acceptors (Lipinski definition) is 0. The molecule has 0 aliphatic heterocycles. The van der Waals surface area contributed by atoms with Gasteiger partial charge in [0.25, 0.3) is 0 Å². The van der Waals surface area contributed by atoms with Gasteiger partial charge in [0.1, 0.15) is 0 Å². The third-order valence-corrected chi connectivity index (χ3v) is 11.7. The molecule has 0 heterocycles. The zero-order valence-corrected chi connectivity index (χ0v) is 29.9. The van der Waals surface area contributed by atoms with Crippen LogP contribution in [0.25, 0.3) is 17.2 Å². The lowest BCUT2D eigenvalue weighted by atomic mass is 9.72. The van der Waals surface area contributed by atoms with Gasteiger partial charge in [0, 0.05) is 5.92 Å². The summed E-state index contributed by atoms with van der Waals surface area (Å²) in [6.07, 6.45) is 31.8. The third-order valence-electron chi connectivity index (χ3n) is 11.7. The number of aryl methyl sites for hydroxylation is 1. The quantitative estimate of drug-likeness (QED) is 0.115. The SMILES string of the molecule is C=C(CCCCCCCCCCCCC)Cc1cccc2c1C=C(C)C(CCC1CCC(C3=CCc4cc(C)ccc43)CC1)C2=C. The molecule has 0 radical (unpaired) electrons. The second-order valence-electron chi connectivity index (χ2n) is 15.4. The van der Waals surface area contributed by atoms with Crippen LogP contribution in [0.15, 0.2) is 66.8 Å². The molecule has 248 valence electrons. The molecule has 46 heavy (non-hydrogen) atoms. The summed E-state index contributed by atoms with van der Waals surface area (Å²) in [6, 6.07) is 14.0. The van der Waals surface area contributed by atoms with Crippen molar-refractivity contribution in [3.63, 3.8) is 0 Å². The number of rotatable bonds is 18. The van der Waals surface area contributed by atoms with Crippen molar-refractivity contribution in [2.45, 2.75) is 149 Å². The summed E-state index contributed by atoms with van der Waals surface area (Å²) < 4.78 is 0. The molecule has 1 saturated carbocycles. The van der Waals surface area contributed by atoms with E-state index in [2.05, 4.69) is 75.9 Å². The standard InChI is InChI=1S/C46H64/c1-6-7-8-9-10-11-12-13-14-15-16-18-34(2)31-40-19-17-20-43-37(5)42(36(4)33-46(40)43)29-24-38-22-25-39(26-23-38)44-30-27-41-32-35(3)21-28-45(41)44/h17,19-21,28,30,32-33,38-39,42H,2,5-16,18,22-27,29,31H2,1,3-4H3. The van der Waals surface area contributed by atoms with Gasteiger partial charge in [0.05, 0.1) is 0 Å². The van der Waals surface area contributed by atoms with Crippen LogP contribution in [0.2, 0.25) is 0 Å². The Morgan fingerprint density at radius 3 is 2.20 bits per heavy atom. The highest BCUT2D eigenvalue weighted by Crippen LogP contribution is 2.45. The Labute approximate surface area is 283 Å². The molecule has 2 aromatic rings. The van der Waals surface area contributed by atoms with E-state index in [1.807, 2.05) is 0 Å². The maximum Gasteiger partial charge on any atom is 0.00491 e. The van der Waals surface area contributed by atoms with E-state index in [-0.39, 0.29) is 0 Å². The molecule has 3 aliphatic rings. The van der Waals surface area contributed by atoms with Gasteiger partial charge in [0.15, 0.2) is 0 Å². The summed E-state index contributed by atoms with van der Waals surface area (Å²) in [4.78, 5) is 0. The van der Waals surface area contributed by atoms with Crippen LogP contribution in [0.4, 0.5) is 0 Å². The highest BCUT2D eigenvalue weighted by atomic mass is 14.3. The number of hydrogen-bond donors (Lipinski definition) is 0. The van der Waals surface area contributed by atoms with Gasteiger partial charge in [-0.3, -0.25) is 0 Å². The predicted molar refractivity (Wildman–Crippen MR) is 204 cm³/mol. The molecule has 5 rings (SSSR count). The van der Waals surface area contributed by atoms with Gasteiger partial charge in [-0.25, -0.2) is 0 Å². The monoisotopic (exact) mass is 617 g/mol. The Kier molecular flexibility index (Phi) is 13.2. The molecule has 0 N–H and O–H groups in total. The fraction of sp³-hybridized carbons (Fsp3) is 0.565. The summed E-state index contributed by atoms with van der Waals surface area (Å²) in [7, 11) is 0. The van der Waals surface area contributed by atoms with E-state index < -0.39 is 0 Å². The molecule has 0 aromatic heterocycles. The Morgan fingerprint density at radius 1 is 0.783 bits per heavy atom. The molecule has 1 unspecified atom stereocenters. The average molecular weight is 617 g/mol. The van der Waals surface area contributed by atoms with E-state index in [1.165, 1.54) is 155 Å². The fourth-order valence-corrected chi connectivity index (χ4v) is 8.86. The van der Waals surface area contributed by atoms with E-state index in [0.29, 0.717) is 5.92 Å². The lowest BCUT2D eigenvalue weighted by Crippen LogP contribution is -2.18. The van der Waals surface area contributed by atoms with Crippen LogP contribution in [0, 0.1) is 24.7 Å². The molecule has 0 amide bonds. The van der Waals surface area contributed by atoms with Crippen molar-refractivity contribution in [3.8, 4) is 0 Å². The fourth-order valence-electron chi connectivity index (χ4n) is 8.86. The summed E-state index contributed by atoms with van der Waals surface area (Å²) in [5.41, 5.74) is 14.7. The van der Waals surface area contributed by atoms with Crippen LogP contribution < -0.4 is 0 Å². The van der Waals surface area contributed by atoms with Crippen molar-refractivity contribution >= 4 is 17.2 Å². The maximum absolute atomic E-state index is 4.70. The summed E-state index contributed by atoms with van der Waals surface area (Å²) in [6.45, 7) is 16.1. The van der Waals surface area contributed by atoms with E-state index in [0.717, 1.165) is 24.7 Å². The van der Waals surface area contributed by atoms with Crippen LogP contribution in [0.5, 0.6) is 0 Å². The van der Waals surface area contributed by atoms with Gasteiger partial charge >= 0.3 is 0 Å². The van der Waals surface area contributed by atoms with Crippen LogP contribution in [0.1, 0.15) is 163 Å². The van der Waals surface area contributed by atoms with Gasteiger partial charge in [-0.2, -0.15) is 0 Å². The van der Waals surface area contributed by atoms with E-state index in [1.54, 1.807) is 16.7 Å². The molecule has 1 atom stereocenters. The Morgan fingerprint density at radius 2 is 1.48 bits per heavy atom. The van der Waals surface area contributed by atoms with E-state index in [9.17, 15) is 0 Å². The lowest BCUT2D eigenvalue weighted by molar-refractivity contribution is 0.292. The van der Waals surface area contributed by atoms with Gasteiger partial charge in [0.2, 0.25) is 0 Å². The summed E-state index contributed by atoms with van der Waals surface area (Å²) in [5, 5.41) is 0. The van der Waals surface area contributed by atoms with Crippen LogP contribution in [-0.4, -0.2) is 0 Å². The first-order valence-corrected chi connectivity index (χ1v) is 19.4. The number of fused-ring (bicyclic) bond motifs is 2. The van der Waals surface area contributed by atoms with Crippen molar-refractivity contribution in [1.82, 2.24) is 0 Å². The zero-order valence-electron chi connectivity index (χ0n) is 29.9. The number of allylic oxidation sites excluding steroid dienone is 5. The first kappa shape index (κ1) is 34.7. The average Bonchev–Trinajstić information content (AvgIpc) is 3.47. The molecule has 0 spiro atoms. The first-order valence-electron chi connectivity index (χ1n) is 19.4. The van der Waals surface area contributed by atoms with E-state index >= 15 is 0 Å². The Hall–Kier alpha value is -2.60. The highest BCUT2D eigenvalue weighted by molar-refractivity contribution is 5.83. The Bertz CT molecular complexity index is 1370. The molecule has 2 aromatic carbocycles. The molecule has 1 fully saturated rings. The van der Waals surface area contributed by atoms with Gasteiger partial charge in [-0.15, -0.1) is 0 Å². The van der Waals surface area contributed by atoms with Crippen molar-refractivity contribution in [3.05, 3.63) is 100 Å². The molecule has 0 heteroatoms. The summed E-state index contributed by atoms with van der Waals surface area (Å²) >= 11 is 0. The molecule has 0 nitrogen and oxygen atoms in total. The van der Waals surface area contributed by atoms with Gasteiger partial charge < -0.3 is 0 Å². The predicted octanol–water partition coefficient (Wildman–Crippen LogP) is 14.1. The van der Waals surface area contributed by atoms with Crippen LogP contribution >= 0.6 is 0 Å². The molecule has 0 bridgehead atoms. The minimum atomic E-state index is 0.493. The number of unbranched alkanes of at least 4 members (excludes halogenated alkanes) is 10. The maximum atomic E-state index is 4.70. The van der Waals surface area contributed by atoms with Gasteiger partial charge in [-0.05, 0) is 129 Å². The first-order chi connectivity index (χ1) is 22.4. The normalized spacial score (nSPS) is 20.7. The van der Waals surface area contributed by atoms with Crippen molar-refractivity contribution in [2.24, 2.45) is 17.8 Å². The topological polar surface area (TPSA) is 0 Å². The molecule has 0 saturated heterocycles. The second kappa shape index (κ2) is 17.5. The van der Waals surface area contributed by atoms with Crippen LogP contribution in [0.3, 0.4) is 0 Å². The smallest absolute Gasteiger partial charge is 0.00491 e. The Balaban J connectivity index is 1.03.